The molecule has 1 heterocycles. The molecule has 0 spiro atoms. The average molecular weight is 279 g/mol. The van der Waals surface area contributed by atoms with Crippen molar-refractivity contribution in [3.05, 3.63) is 36.5 Å². The summed E-state index contributed by atoms with van der Waals surface area (Å²) in [5.41, 5.74) is 0.794. The number of aliphatic carboxylic acids is 1. The highest BCUT2D eigenvalue weighted by Gasteiger charge is 2.17. The molecule has 0 radical (unpaired) electrons. The van der Waals surface area contributed by atoms with Crippen LogP contribution in [0.2, 0.25) is 0 Å². The van der Waals surface area contributed by atoms with Crippen LogP contribution < -0.4 is 15.4 Å². The van der Waals surface area contributed by atoms with Crippen molar-refractivity contribution in [1.29, 1.82) is 0 Å². The van der Waals surface area contributed by atoms with Crippen molar-refractivity contribution >= 4 is 12.0 Å². The Morgan fingerprint density at radius 3 is 2.95 bits per heavy atom. The molecule has 3 N–H and O–H groups in total. The van der Waals surface area contributed by atoms with Gasteiger partial charge in [0.15, 0.2) is 0 Å². The maximum Gasteiger partial charge on any atom is 0.326 e. The van der Waals surface area contributed by atoms with Crippen molar-refractivity contribution in [2.45, 2.75) is 19.0 Å². The molecule has 7 nitrogen and oxygen atoms in total. The van der Waals surface area contributed by atoms with Gasteiger partial charge in [-0.3, -0.25) is 0 Å². The molecule has 0 aliphatic carbocycles. The molecule has 2 amide bonds. The maximum absolute atomic E-state index is 11.6. The number of rotatable bonds is 7. The zero-order valence-corrected chi connectivity index (χ0v) is 11.1. The van der Waals surface area contributed by atoms with Gasteiger partial charge in [-0.1, -0.05) is 6.08 Å². The Morgan fingerprint density at radius 1 is 1.60 bits per heavy atom. The van der Waals surface area contributed by atoms with E-state index in [-0.39, 0.29) is 13.0 Å². The number of urea groups is 1. The number of methoxy groups -OCH3 is 1. The lowest BCUT2D eigenvalue weighted by Gasteiger charge is -2.13. The first-order valence-electron chi connectivity index (χ1n) is 5.93. The van der Waals surface area contributed by atoms with Crippen LogP contribution in [0.15, 0.2) is 31.0 Å². The van der Waals surface area contributed by atoms with Crippen molar-refractivity contribution in [2.75, 3.05) is 7.11 Å². The van der Waals surface area contributed by atoms with Crippen LogP contribution in [0, 0.1) is 0 Å². The van der Waals surface area contributed by atoms with Gasteiger partial charge in [0.1, 0.15) is 6.04 Å². The third-order valence-electron chi connectivity index (χ3n) is 2.47. The summed E-state index contributed by atoms with van der Waals surface area (Å²) < 4.78 is 4.96. The van der Waals surface area contributed by atoms with Gasteiger partial charge in [-0.05, 0) is 18.1 Å². The molecule has 0 aliphatic rings. The summed E-state index contributed by atoms with van der Waals surface area (Å²) in [4.78, 5) is 26.4. The van der Waals surface area contributed by atoms with Crippen LogP contribution in [0.4, 0.5) is 4.79 Å². The van der Waals surface area contributed by atoms with E-state index in [0.29, 0.717) is 5.88 Å². The Labute approximate surface area is 116 Å². The van der Waals surface area contributed by atoms with Crippen molar-refractivity contribution in [3.8, 4) is 5.88 Å². The minimum absolute atomic E-state index is 0.159. The molecule has 0 aliphatic heterocycles. The number of hydrogen-bond donors (Lipinski definition) is 3. The largest absolute Gasteiger partial charge is 0.481 e. The fraction of sp³-hybridized carbons (Fsp3) is 0.308. The zero-order chi connectivity index (χ0) is 15.0. The SMILES string of the molecule is C=CCC(NC(=O)NCc1ccnc(OC)c1)C(=O)O. The lowest BCUT2D eigenvalue weighted by Crippen LogP contribution is -2.45. The highest BCUT2D eigenvalue weighted by molar-refractivity contribution is 5.82. The molecule has 1 rings (SSSR count). The van der Waals surface area contributed by atoms with Crippen LogP contribution in [-0.4, -0.2) is 35.2 Å². The molecule has 0 saturated heterocycles. The molecule has 1 unspecified atom stereocenters. The maximum atomic E-state index is 11.6. The van der Waals surface area contributed by atoms with Crippen molar-refractivity contribution in [3.63, 3.8) is 0 Å². The first kappa shape index (κ1) is 15.5. The summed E-state index contributed by atoms with van der Waals surface area (Å²) in [5.74, 6) is -0.662. The normalized spacial score (nSPS) is 11.2. The van der Waals surface area contributed by atoms with Crippen molar-refractivity contribution in [2.24, 2.45) is 0 Å². The smallest absolute Gasteiger partial charge is 0.326 e. The van der Waals surface area contributed by atoms with E-state index in [1.807, 2.05) is 0 Å². The van der Waals surface area contributed by atoms with Gasteiger partial charge in [0.05, 0.1) is 7.11 Å². The molecule has 0 aromatic carbocycles. The van der Waals surface area contributed by atoms with Gasteiger partial charge < -0.3 is 20.5 Å². The zero-order valence-electron chi connectivity index (χ0n) is 11.1. The first-order valence-corrected chi connectivity index (χ1v) is 5.93. The van der Waals surface area contributed by atoms with Gasteiger partial charge in [-0.2, -0.15) is 0 Å². The summed E-state index contributed by atoms with van der Waals surface area (Å²) in [5, 5.41) is 13.8. The number of carbonyl (C=O) groups is 2. The first-order chi connectivity index (χ1) is 9.56. The van der Waals surface area contributed by atoms with Crippen LogP contribution in [-0.2, 0) is 11.3 Å². The summed E-state index contributed by atoms with van der Waals surface area (Å²) >= 11 is 0. The summed E-state index contributed by atoms with van der Waals surface area (Å²) in [6.45, 7) is 3.69. The van der Waals surface area contributed by atoms with E-state index in [4.69, 9.17) is 9.84 Å². The summed E-state index contributed by atoms with van der Waals surface area (Å²) in [6.07, 6.45) is 3.16. The summed E-state index contributed by atoms with van der Waals surface area (Å²) in [6, 6.07) is 1.86. The third-order valence-corrected chi connectivity index (χ3v) is 2.47. The molecule has 108 valence electrons. The molecule has 1 aromatic heterocycles. The number of carboxylic acids is 1. The van der Waals surface area contributed by atoms with Gasteiger partial charge in [0, 0.05) is 18.8 Å². The van der Waals surface area contributed by atoms with Crippen LogP contribution in [0.3, 0.4) is 0 Å². The second-order valence-electron chi connectivity index (χ2n) is 3.95. The van der Waals surface area contributed by atoms with Crippen molar-refractivity contribution < 1.29 is 19.4 Å². The van der Waals surface area contributed by atoms with Gasteiger partial charge >= 0.3 is 12.0 Å². The van der Waals surface area contributed by atoms with Crippen LogP contribution in [0.5, 0.6) is 5.88 Å². The predicted molar refractivity (Wildman–Crippen MR) is 72.4 cm³/mol. The molecule has 0 fully saturated rings. The average Bonchev–Trinajstić information content (AvgIpc) is 2.44. The fourth-order valence-electron chi connectivity index (χ4n) is 1.45. The van der Waals surface area contributed by atoms with Gasteiger partial charge in [-0.25, -0.2) is 14.6 Å². The minimum atomic E-state index is -1.11. The highest BCUT2D eigenvalue weighted by atomic mass is 16.5. The molecular formula is C13H17N3O4. The standard InChI is InChI=1S/C13H17N3O4/c1-3-4-10(12(17)18)16-13(19)15-8-9-5-6-14-11(7-9)20-2/h3,5-7,10H,1,4,8H2,2H3,(H,17,18)(H2,15,16,19). The Kier molecular flexibility index (Phi) is 6.02. The van der Waals surface area contributed by atoms with Gasteiger partial charge in [-0.15, -0.1) is 6.58 Å². The highest BCUT2D eigenvalue weighted by Crippen LogP contribution is 2.07. The molecule has 20 heavy (non-hydrogen) atoms. The Balaban J connectivity index is 2.49. The summed E-state index contributed by atoms with van der Waals surface area (Å²) in [7, 11) is 1.50. The lowest BCUT2D eigenvalue weighted by molar-refractivity contribution is -0.139. The van der Waals surface area contributed by atoms with E-state index in [9.17, 15) is 9.59 Å². The molecular weight excluding hydrogens is 262 g/mol. The van der Waals surface area contributed by atoms with E-state index >= 15 is 0 Å². The number of carboxylic acid groups (broad SMARTS) is 1. The van der Waals surface area contributed by atoms with E-state index in [0.717, 1.165) is 5.56 Å². The van der Waals surface area contributed by atoms with E-state index in [1.165, 1.54) is 13.2 Å². The predicted octanol–water partition coefficient (Wildman–Crippen LogP) is 0.919. The number of amides is 2. The van der Waals surface area contributed by atoms with E-state index in [1.54, 1.807) is 18.3 Å². The van der Waals surface area contributed by atoms with Crippen LogP contribution in [0.25, 0.3) is 0 Å². The number of carbonyl (C=O) groups excluding carboxylic acids is 1. The molecule has 0 saturated carbocycles. The number of hydrogen-bond acceptors (Lipinski definition) is 4. The number of nitrogens with zero attached hydrogens (tertiary/aromatic N) is 1. The number of ether oxygens (including phenoxy) is 1. The van der Waals surface area contributed by atoms with Crippen LogP contribution >= 0.6 is 0 Å². The monoisotopic (exact) mass is 279 g/mol. The number of aromatic nitrogens is 1. The van der Waals surface area contributed by atoms with Crippen molar-refractivity contribution in [1.82, 2.24) is 15.6 Å². The molecule has 7 heteroatoms. The van der Waals surface area contributed by atoms with E-state index < -0.39 is 18.0 Å². The number of nitrogens with one attached hydrogen (secondary N) is 2. The molecule has 0 bridgehead atoms. The molecule has 1 aromatic rings. The Hall–Kier alpha value is -2.57. The van der Waals surface area contributed by atoms with E-state index in [2.05, 4.69) is 22.2 Å². The lowest BCUT2D eigenvalue weighted by atomic mass is 10.2. The Morgan fingerprint density at radius 2 is 2.35 bits per heavy atom. The van der Waals surface area contributed by atoms with Crippen LogP contribution in [0.1, 0.15) is 12.0 Å². The number of pyridine rings is 1. The minimum Gasteiger partial charge on any atom is -0.481 e. The second kappa shape index (κ2) is 7.78. The quantitative estimate of drug-likeness (QED) is 0.644. The fourth-order valence-corrected chi connectivity index (χ4v) is 1.45. The Bertz CT molecular complexity index is 490. The van der Waals surface area contributed by atoms with Gasteiger partial charge in [0.25, 0.3) is 0 Å². The van der Waals surface area contributed by atoms with Gasteiger partial charge in [0.2, 0.25) is 5.88 Å². The molecule has 1 atom stereocenters. The topological polar surface area (TPSA) is 101 Å². The second-order valence-corrected chi connectivity index (χ2v) is 3.95. The third kappa shape index (κ3) is 4.97.